The molecule has 2 aromatic carbocycles. The molecular weight excluding hydrogens is 250 g/mol. The van der Waals surface area contributed by atoms with Crippen molar-refractivity contribution in [3.8, 4) is 6.07 Å². The second-order valence-electron chi connectivity index (χ2n) is 4.54. The molecule has 0 bridgehead atoms. The molecule has 0 aliphatic rings. The smallest absolute Gasteiger partial charge is 0.221 e. The number of benzene rings is 2. The first-order chi connectivity index (χ1) is 9.58. The van der Waals surface area contributed by atoms with E-state index in [1.807, 2.05) is 43.3 Å². The molecule has 4 heteroatoms. The summed E-state index contributed by atoms with van der Waals surface area (Å²) in [5.74, 6) is -0.101. The molecule has 0 saturated heterocycles. The summed E-state index contributed by atoms with van der Waals surface area (Å²) >= 11 is 0. The summed E-state index contributed by atoms with van der Waals surface area (Å²) in [5.41, 5.74) is 4.07. The topological polar surface area (TPSA) is 64.9 Å². The number of carbonyl (C=O) groups is 1. The first-order valence-corrected chi connectivity index (χ1v) is 6.24. The summed E-state index contributed by atoms with van der Waals surface area (Å²) in [5, 5.41) is 15.0. The maximum absolute atomic E-state index is 10.9. The quantitative estimate of drug-likeness (QED) is 0.891. The Bertz CT molecular complexity index is 669. The van der Waals surface area contributed by atoms with E-state index in [0.717, 1.165) is 22.6 Å². The van der Waals surface area contributed by atoms with Crippen LogP contribution in [0.5, 0.6) is 0 Å². The van der Waals surface area contributed by atoms with Gasteiger partial charge in [0.05, 0.1) is 11.3 Å². The van der Waals surface area contributed by atoms with E-state index in [0.29, 0.717) is 5.56 Å². The van der Waals surface area contributed by atoms with Gasteiger partial charge in [-0.2, -0.15) is 5.26 Å². The minimum Gasteiger partial charge on any atom is -0.354 e. The van der Waals surface area contributed by atoms with Gasteiger partial charge in [0.1, 0.15) is 6.07 Å². The Morgan fingerprint density at radius 2 is 1.75 bits per heavy atom. The lowest BCUT2D eigenvalue weighted by atomic mass is 10.1. The standard InChI is InChI=1S/C16H15N3O/c1-11-3-4-13(10-17)16(9-11)19-15-7-5-14(6-8-15)18-12(2)20/h3-9,19H,1-2H3,(H,18,20). The van der Waals surface area contributed by atoms with Gasteiger partial charge in [0.25, 0.3) is 0 Å². The maximum atomic E-state index is 10.9. The monoisotopic (exact) mass is 265 g/mol. The van der Waals surface area contributed by atoms with Crippen LogP contribution in [0.2, 0.25) is 0 Å². The van der Waals surface area contributed by atoms with Crippen molar-refractivity contribution in [2.45, 2.75) is 13.8 Å². The Morgan fingerprint density at radius 3 is 2.35 bits per heavy atom. The molecule has 100 valence electrons. The number of carbonyl (C=O) groups excluding carboxylic acids is 1. The molecule has 0 saturated carbocycles. The van der Waals surface area contributed by atoms with Crippen molar-refractivity contribution in [2.24, 2.45) is 0 Å². The summed E-state index contributed by atoms with van der Waals surface area (Å²) < 4.78 is 0. The van der Waals surface area contributed by atoms with Gasteiger partial charge >= 0.3 is 0 Å². The number of amides is 1. The Hall–Kier alpha value is -2.80. The van der Waals surface area contributed by atoms with Gasteiger partial charge in [-0.05, 0) is 48.9 Å². The summed E-state index contributed by atoms with van der Waals surface area (Å²) in [7, 11) is 0. The van der Waals surface area contributed by atoms with Crippen LogP contribution in [-0.2, 0) is 4.79 Å². The normalized spacial score (nSPS) is 9.65. The van der Waals surface area contributed by atoms with Crippen LogP contribution in [0.4, 0.5) is 17.1 Å². The van der Waals surface area contributed by atoms with Crippen LogP contribution >= 0.6 is 0 Å². The lowest BCUT2D eigenvalue weighted by Crippen LogP contribution is -2.05. The molecule has 0 atom stereocenters. The van der Waals surface area contributed by atoms with Crippen LogP contribution in [0.1, 0.15) is 18.1 Å². The van der Waals surface area contributed by atoms with E-state index in [-0.39, 0.29) is 5.91 Å². The van der Waals surface area contributed by atoms with Crippen molar-refractivity contribution in [1.29, 1.82) is 5.26 Å². The van der Waals surface area contributed by atoms with Crippen molar-refractivity contribution in [2.75, 3.05) is 10.6 Å². The third-order valence-electron chi connectivity index (χ3n) is 2.78. The molecule has 0 aliphatic heterocycles. The van der Waals surface area contributed by atoms with Crippen LogP contribution in [0.25, 0.3) is 0 Å². The van der Waals surface area contributed by atoms with E-state index in [1.165, 1.54) is 6.92 Å². The molecule has 0 radical (unpaired) electrons. The van der Waals surface area contributed by atoms with Crippen molar-refractivity contribution in [3.63, 3.8) is 0 Å². The van der Waals surface area contributed by atoms with Crippen molar-refractivity contribution in [3.05, 3.63) is 53.6 Å². The molecule has 0 heterocycles. The summed E-state index contributed by atoms with van der Waals surface area (Å²) in [6.45, 7) is 3.45. The van der Waals surface area contributed by atoms with Crippen LogP contribution in [-0.4, -0.2) is 5.91 Å². The zero-order valence-electron chi connectivity index (χ0n) is 11.4. The highest BCUT2D eigenvalue weighted by molar-refractivity contribution is 5.88. The van der Waals surface area contributed by atoms with E-state index in [9.17, 15) is 4.79 Å². The van der Waals surface area contributed by atoms with Gasteiger partial charge in [-0.1, -0.05) is 6.07 Å². The Labute approximate surface area is 118 Å². The molecule has 0 unspecified atom stereocenters. The largest absolute Gasteiger partial charge is 0.354 e. The third-order valence-corrected chi connectivity index (χ3v) is 2.78. The van der Waals surface area contributed by atoms with E-state index in [1.54, 1.807) is 6.07 Å². The fraction of sp³-hybridized carbons (Fsp3) is 0.125. The number of nitriles is 1. The number of nitrogens with one attached hydrogen (secondary N) is 2. The lowest BCUT2D eigenvalue weighted by Gasteiger charge is -2.10. The minimum absolute atomic E-state index is 0.101. The van der Waals surface area contributed by atoms with Crippen LogP contribution in [0.15, 0.2) is 42.5 Å². The van der Waals surface area contributed by atoms with E-state index >= 15 is 0 Å². The fourth-order valence-corrected chi connectivity index (χ4v) is 1.85. The number of aryl methyl sites for hydroxylation is 1. The number of hydrogen-bond acceptors (Lipinski definition) is 3. The molecule has 0 aromatic heterocycles. The Balaban J connectivity index is 2.20. The Kier molecular flexibility index (Phi) is 4.02. The highest BCUT2D eigenvalue weighted by atomic mass is 16.1. The lowest BCUT2D eigenvalue weighted by molar-refractivity contribution is -0.114. The molecular formula is C16H15N3O. The Morgan fingerprint density at radius 1 is 1.10 bits per heavy atom. The molecule has 2 aromatic rings. The summed E-state index contributed by atoms with van der Waals surface area (Å²) in [4.78, 5) is 10.9. The van der Waals surface area contributed by atoms with Gasteiger partial charge in [0.15, 0.2) is 0 Å². The molecule has 20 heavy (non-hydrogen) atoms. The van der Waals surface area contributed by atoms with Crippen molar-refractivity contribution < 1.29 is 4.79 Å². The average Bonchev–Trinajstić information content (AvgIpc) is 2.41. The summed E-state index contributed by atoms with van der Waals surface area (Å²) in [6, 6.07) is 15.1. The van der Waals surface area contributed by atoms with Gasteiger partial charge in [-0.3, -0.25) is 4.79 Å². The maximum Gasteiger partial charge on any atom is 0.221 e. The predicted octanol–water partition coefficient (Wildman–Crippen LogP) is 3.57. The third kappa shape index (κ3) is 3.36. The molecule has 4 nitrogen and oxygen atoms in total. The van der Waals surface area contributed by atoms with E-state index < -0.39 is 0 Å². The molecule has 0 fully saturated rings. The van der Waals surface area contributed by atoms with Gasteiger partial charge in [0, 0.05) is 18.3 Å². The predicted molar refractivity (Wildman–Crippen MR) is 79.9 cm³/mol. The fourth-order valence-electron chi connectivity index (χ4n) is 1.85. The van der Waals surface area contributed by atoms with E-state index in [2.05, 4.69) is 16.7 Å². The zero-order chi connectivity index (χ0) is 14.5. The zero-order valence-corrected chi connectivity index (χ0v) is 11.4. The molecule has 2 rings (SSSR count). The molecule has 2 N–H and O–H groups in total. The van der Waals surface area contributed by atoms with Crippen LogP contribution in [0.3, 0.4) is 0 Å². The molecule has 0 aliphatic carbocycles. The van der Waals surface area contributed by atoms with Gasteiger partial charge in [-0.15, -0.1) is 0 Å². The molecule has 1 amide bonds. The SMILES string of the molecule is CC(=O)Nc1ccc(Nc2cc(C)ccc2C#N)cc1. The van der Waals surface area contributed by atoms with Crippen molar-refractivity contribution >= 4 is 23.0 Å². The average molecular weight is 265 g/mol. The molecule has 0 spiro atoms. The minimum atomic E-state index is -0.101. The van der Waals surface area contributed by atoms with E-state index in [4.69, 9.17) is 5.26 Å². The second-order valence-corrected chi connectivity index (χ2v) is 4.54. The number of rotatable bonds is 3. The van der Waals surface area contributed by atoms with Crippen molar-refractivity contribution in [1.82, 2.24) is 0 Å². The van der Waals surface area contributed by atoms with Gasteiger partial charge in [0.2, 0.25) is 5.91 Å². The van der Waals surface area contributed by atoms with Crippen LogP contribution < -0.4 is 10.6 Å². The second kappa shape index (κ2) is 5.89. The van der Waals surface area contributed by atoms with Gasteiger partial charge < -0.3 is 10.6 Å². The van der Waals surface area contributed by atoms with Gasteiger partial charge in [-0.25, -0.2) is 0 Å². The number of nitrogens with zero attached hydrogens (tertiary/aromatic N) is 1. The first-order valence-electron chi connectivity index (χ1n) is 6.24. The number of hydrogen-bond donors (Lipinski definition) is 2. The highest BCUT2D eigenvalue weighted by Crippen LogP contribution is 2.23. The number of anilines is 3. The summed E-state index contributed by atoms with van der Waals surface area (Å²) in [6.07, 6.45) is 0. The first kappa shape index (κ1) is 13.6. The highest BCUT2D eigenvalue weighted by Gasteiger charge is 2.03. The van der Waals surface area contributed by atoms with Crippen LogP contribution in [0, 0.1) is 18.3 Å².